The van der Waals surface area contributed by atoms with E-state index in [0.29, 0.717) is 0 Å². The number of phenols is 1. The zero-order valence-electron chi connectivity index (χ0n) is 12.4. The second-order valence-corrected chi connectivity index (χ2v) is 9.14. The largest absolute Gasteiger partial charge is 0.506 e. The number of benzene rings is 1. The number of phenolic OH excluding ortho intramolecular Hbond substituents is 1. The van der Waals surface area contributed by atoms with Gasteiger partial charge in [-0.2, -0.15) is 0 Å². The van der Waals surface area contributed by atoms with Gasteiger partial charge in [0, 0.05) is 0 Å². The summed E-state index contributed by atoms with van der Waals surface area (Å²) in [5.74, 6) is -0.0687. The molecule has 0 saturated heterocycles. The molecule has 5 heteroatoms. The molecular formula is C14H23NO3S. The van der Waals surface area contributed by atoms with Crippen molar-refractivity contribution in [3.63, 3.8) is 0 Å². The Hall–Kier alpha value is -1.23. The average Bonchev–Trinajstić information content (AvgIpc) is 2.17. The molecule has 108 valence electrons. The molecule has 0 spiro atoms. The highest BCUT2D eigenvalue weighted by molar-refractivity contribution is 7.94. The zero-order valence-corrected chi connectivity index (χ0v) is 13.2. The van der Waals surface area contributed by atoms with Crippen molar-refractivity contribution >= 4 is 15.7 Å². The Morgan fingerprint density at radius 3 is 2.00 bits per heavy atom. The van der Waals surface area contributed by atoms with Gasteiger partial charge in [0.1, 0.15) is 5.75 Å². The summed E-state index contributed by atoms with van der Waals surface area (Å²) in [7, 11) is -3.55. The number of aromatic hydroxyl groups is 1. The van der Waals surface area contributed by atoms with Crippen LogP contribution in [0.4, 0.5) is 5.69 Å². The maximum atomic E-state index is 12.1. The van der Waals surface area contributed by atoms with Crippen molar-refractivity contribution in [3.8, 4) is 5.75 Å². The predicted molar refractivity (Wildman–Crippen MR) is 79.1 cm³/mol. The van der Waals surface area contributed by atoms with E-state index in [1.807, 2.05) is 20.8 Å². The van der Waals surface area contributed by atoms with Crippen LogP contribution in [0.5, 0.6) is 5.75 Å². The average molecular weight is 285 g/mol. The molecule has 0 aliphatic carbocycles. The second kappa shape index (κ2) is 4.71. The van der Waals surface area contributed by atoms with E-state index in [9.17, 15) is 13.5 Å². The molecular weight excluding hydrogens is 262 g/mol. The van der Waals surface area contributed by atoms with Gasteiger partial charge in [0.25, 0.3) is 0 Å². The minimum Gasteiger partial charge on any atom is -0.506 e. The number of hydrogen-bond acceptors (Lipinski definition) is 3. The maximum Gasteiger partial charge on any atom is 0.237 e. The molecule has 0 atom stereocenters. The second-order valence-electron chi connectivity index (χ2n) is 6.70. The number of rotatable bonds is 2. The number of anilines is 1. The van der Waals surface area contributed by atoms with Crippen LogP contribution in [0.15, 0.2) is 18.2 Å². The molecule has 0 radical (unpaired) electrons. The van der Waals surface area contributed by atoms with Gasteiger partial charge in [-0.25, -0.2) is 8.42 Å². The molecule has 1 rings (SSSR count). The fourth-order valence-electron chi connectivity index (χ4n) is 1.38. The van der Waals surface area contributed by atoms with Gasteiger partial charge >= 0.3 is 0 Å². The molecule has 0 amide bonds. The molecule has 0 aliphatic rings. The topological polar surface area (TPSA) is 66.4 Å². The van der Waals surface area contributed by atoms with Crippen LogP contribution >= 0.6 is 0 Å². The van der Waals surface area contributed by atoms with Crippen LogP contribution in [0, 0.1) is 0 Å². The molecule has 0 saturated carbocycles. The van der Waals surface area contributed by atoms with Gasteiger partial charge in [-0.1, -0.05) is 26.8 Å². The van der Waals surface area contributed by atoms with Crippen LogP contribution in [0.2, 0.25) is 0 Å². The summed E-state index contributed by atoms with van der Waals surface area (Å²) >= 11 is 0. The Morgan fingerprint density at radius 1 is 1.05 bits per heavy atom. The molecule has 0 aromatic heterocycles. The molecule has 0 heterocycles. The molecule has 0 fully saturated rings. The highest BCUT2D eigenvalue weighted by atomic mass is 32.2. The monoisotopic (exact) mass is 285 g/mol. The first-order valence-corrected chi connectivity index (χ1v) is 7.69. The Balaban J connectivity index is 3.23. The van der Waals surface area contributed by atoms with Crippen molar-refractivity contribution in [1.29, 1.82) is 0 Å². The van der Waals surface area contributed by atoms with Crippen LogP contribution < -0.4 is 4.72 Å². The summed E-state index contributed by atoms with van der Waals surface area (Å²) in [4.78, 5) is 0. The van der Waals surface area contributed by atoms with E-state index in [2.05, 4.69) is 4.72 Å². The fourth-order valence-corrected chi connectivity index (χ4v) is 2.14. The zero-order chi connectivity index (χ0) is 15.1. The first-order valence-electron chi connectivity index (χ1n) is 6.20. The van der Waals surface area contributed by atoms with Crippen molar-refractivity contribution in [3.05, 3.63) is 23.8 Å². The van der Waals surface area contributed by atoms with Gasteiger partial charge in [0.2, 0.25) is 10.0 Å². The van der Waals surface area contributed by atoms with Gasteiger partial charge in [-0.3, -0.25) is 4.72 Å². The number of hydrogen-bond donors (Lipinski definition) is 2. The van der Waals surface area contributed by atoms with E-state index >= 15 is 0 Å². The van der Waals surface area contributed by atoms with E-state index in [1.165, 1.54) is 6.07 Å². The molecule has 1 aromatic rings. The summed E-state index contributed by atoms with van der Waals surface area (Å²) < 4.78 is 25.8. The molecule has 0 unspecified atom stereocenters. The first kappa shape index (κ1) is 15.8. The lowest BCUT2D eigenvalue weighted by molar-refractivity contribution is 0.476. The van der Waals surface area contributed by atoms with E-state index in [1.54, 1.807) is 32.9 Å². The fraction of sp³-hybridized carbons (Fsp3) is 0.571. The third-order valence-electron chi connectivity index (χ3n) is 2.91. The lowest BCUT2D eigenvalue weighted by Crippen LogP contribution is -2.33. The Kier molecular flexibility index (Phi) is 3.92. The highest BCUT2D eigenvalue weighted by Crippen LogP contribution is 2.32. The molecule has 0 aliphatic heterocycles. The van der Waals surface area contributed by atoms with Crippen molar-refractivity contribution in [2.75, 3.05) is 4.72 Å². The van der Waals surface area contributed by atoms with Crippen molar-refractivity contribution in [2.24, 2.45) is 0 Å². The molecule has 4 nitrogen and oxygen atoms in total. The van der Waals surface area contributed by atoms with Crippen molar-refractivity contribution in [2.45, 2.75) is 51.7 Å². The van der Waals surface area contributed by atoms with Crippen molar-refractivity contribution < 1.29 is 13.5 Å². The summed E-state index contributed by atoms with van der Waals surface area (Å²) in [5, 5.41) is 9.80. The van der Waals surface area contributed by atoms with Gasteiger partial charge in [-0.05, 0) is 43.9 Å². The lowest BCUT2D eigenvalue weighted by Gasteiger charge is -2.23. The van der Waals surface area contributed by atoms with Crippen LogP contribution in [0.3, 0.4) is 0 Å². The minimum atomic E-state index is -3.55. The third kappa shape index (κ3) is 3.62. The Labute approximate surface area is 115 Å². The summed E-state index contributed by atoms with van der Waals surface area (Å²) in [5.41, 5.74) is 1.06. The van der Waals surface area contributed by atoms with E-state index in [4.69, 9.17) is 0 Å². The first-order chi connectivity index (χ1) is 8.34. The van der Waals surface area contributed by atoms with Crippen LogP contribution in [0.25, 0.3) is 0 Å². The molecule has 0 bridgehead atoms. The third-order valence-corrected chi connectivity index (χ3v) is 5.01. The van der Waals surface area contributed by atoms with Gasteiger partial charge in [0.05, 0.1) is 10.4 Å². The Bertz CT molecular complexity index is 563. The quantitative estimate of drug-likeness (QED) is 0.820. The van der Waals surface area contributed by atoms with Crippen LogP contribution in [0.1, 0.15) is 47.1 Å². The van der Waals surface area contributed by atoms with E-state index in [-0.39, 0.29) is 16.9 Å². The highest BCUT2D eigenvalue weighted by Gasteiger charge is 2.30. The number of sulfonamides is 1. The van der Waals surface area contributed by atoms with E-state index < -0.39 is 14.8 Å². The van der Waals surface area contributed by atoms with E-state index in [0.717, 1.165) is 5.56 Å². The molecule has 1 aromatic carbocycles. The number of nitrogens with one attached hydrogen (secondary N) is 1. The van der Waals surface area contributed by atoms with Gasteiger partial charge < -0.3 is 5.11 Å². The van der Waals surface area contributed by atoms with Gasteiger partial charge in [0.15, 0.2) is 0 Å². The summed E-state index contributed by atoms with van der Waals surface area (Å²) in [6.45, 7) is 10.9. The van der Waals surface area contributed by atoms with Crippen molar-refractivity contribution in [1.82, 2.24) is 0 Å². The maximum absolute atomic E-state index is 12.1. The molecule has 19 heavy (non-hydrogen) atoms. The Morgan fingerprint density at radius 2 is 1.58 bits per heavy atom. The predicted octanol–water partition coefficient (Wildman–Crippen LogP) is 3.23. The van der Waals surface area contributed by atoms with Crippen LogP contribution in [-0.2, 0) is 15.4 Å². The summed E-state index contributed by atoms with van der Waals surface area (Å²) in [6.07, 6.45) is 0. The standard InChI is InChI=1S/C14H23NO3S/c1-13(2,3)10-7-8-12(16)11(9-10)15-19(17,18)14(4,5)6/h7-9,15-16H,1-6H3. The summed E-state index contributed by atoms with van der Waals surface area (Å²) in [6, 6.07) is 4.99. The van der Waals surface area contributed by atoms with Crippen LogP contribution in [-0.4, -0.2) is 18.3 Å². The minimum absolute atomic E-state index is 0.0687. The normalized spacial score (nSPS) is 13.4. The van der Waals surface area contributed by atoms with Gasteiger partial charge in [-0.15, -0.1) is 0 Å². The SMILES string of the molecule is CC(C)(C)c1ccc(O)c(NS(=O)(=O)C(C)(C)C)c1. The smallest absolute Gasteiger partial charge is 0.237 e. The lowest BCUT2D eigenvalue weighted by atomic mass is 9.87. The molecule has 2 N–H and O–H groups in total.